The van der Waals surface area contributed by atoms with Crippen molar-refractivity contribution in [2.75, 3.05) is 5.32 Å². The number of anilines is 1. The number of hydrogen-bond acceptors (Lipinski definition) is 4. The Balaban J connectivity index is 2.25. The van der Waals surface area contributed by atoms with Crippen molar-refractivity contribution < 1.29 is 14.4 Å². The van der Waals surface area contributed by atoms with E-state index in [9.17, 15) is 19.6 Å². The van der Waals surface area contributed by atoms with Crippen LogP contribution in [0.4, 0.5) is 15.8 Å². The Morgan fingerprint density at radius 3 is 2.67 bits per heavy atom. The fourth-order valence-electron chi connectivity index (χ4n) is 1.95. The summed E-state index contributed by atoms with van der Waals surface area (Å²) in [4.78, 5) is 10.3. The highest BCUT2D eigenvalue weighted by Crippen LogP contribution is 2.31. The topological polar surface area (TPSA) is 75.4 Å². The molecular formula is C14H12ClFN2O3. The van der Waals surface area contributed by atoms with Gasteiger partial charge in [-0.1, -0.05) is 17.7 Å². The molecule has 1 unspecified atom stereocenters. The minimum Gasteiger partial charge on any atom is -0.507 e. The lowest BCUT2D eigenvalue weighted by atomic mass is 10.1. The summed E-state index contributed by atoms with van der Waals surface area (Å²) in [6, 6.07) is 7.64. The molecule has 0 radical (unpaired) electrons. The van der Waals surface area contributed by atoms with E-state index >= 15 is 0 Å². The van der Waals surface area contributed by atoms with Crippen LogP contribution >= 0.6 is 11.6 Å². The fourth-order valence-corrected chi connectivity index (χ4v) is 2.14. The van der Waals surface area contributed by atoms with Gasteiger partial charge in [-0.3, -0.25) is 10.1 Å². The lowest BCUT2D eigenvalue weighted by Gasteiger charge is -2.17. The average molecular weight is 311 g/mol. The van der Waals surface area contributed by atoms with Crippen LogP contribution in [-0.4, -0.2) is 10.0 Å². The van der Waals surface area contributed by atoms with Crippen molar-refractivity contribution in [3.63, 3.8) is 0 Å². The minimum atomic E-state index is -0.576. The Labute approximate surface area is 125 Å². The first-order valence-corrected chi connectivity index (χ1v) is 6.45. The zero-order valence-corrected chi connectivity index (χ0v) is 11.8. The number of phenolic OH excluding ortho intramolecular Hbond substituents is 1. The number of nitrogens with one attached hydrogen (secondary N) is 1. The number of aromatic hydroxyl groups is 1. The standard InChI is InChI=1S/C14H12ClFN2O3/c1-8(11-4-2-9(16)6-14(11)19)17-10-3-5-12(15)13(7-10)18(20)21/h2-8,17,19H,1H3. The molecular weight excluding hydrogens is 299 g/mol. The molecule has 0 heterocycles. The molecule has 0 aliphatic carbocycles. The van der Waals surface area contributed by atoms with E-state index in [1.165, 1.54) is 24.3 Å². The van der Waals surface area contributed by atoms with Crippen LogP contribution in [0.25, 0.3) is 0 Å². The summed E-state index contributed by atoms with van der Waals surface area (Å²) in [6.45, 7) is 1.74. The van der Waals surface area contributed by atoms with Gasteiger partial charge in [-0.25, -0.2) is 4.39 Å². The van der Waals surface area contributed by atoms with Gasteiger partial charge in [0.2, 0.25) is 0 Å². The average Bonchev–Trinajstić information content (AvgIpc) is 2.40. The maximum absolute atomic E-state index is 13.0. The first kappa shape index (κ1) is 15.1. The van der Waals surface area contributed by atoms with Gasteiger partial charge in [0.05, 0.1) is 11.0 Å². The van der Waals surface area contributed by atoms with Gasteiger partial charge in [0, 0.05) is 23.4 Å². The predicted molar refractivity (Wildman–Crippen MR) is 78.2 cm³/mol. The number of halogens is 2. The van der Waals surface area contributed by atoms with Gasteiger partial charge in [-0.05, 0) is 25.1 Å². The maximum atomic E-state index is 13.0. The molecule has 2 aromatic rings. The van der Waals surface area contributed by atoms with Crippen LogP contribution in [0.5, 0.6) is 5.75 Å². The van der Waals surface area contributed by atoms with Crippen LogP contribution < -0.4 is 5.32 Å². The van der Waals surface area contributed by atoms with Gasteiger partial charge in [-0.15, -0.1) is 0 Å². The molecule has 0 aromatic heterocycles. The Morgan fingerprint density at radius 2 is 2.05 bits per heavy atom. The molecule has 0 fully saturated rings. The molecule has 0 aliphatic heterocycles. The molecule has 2 aromatic carbocycles. The van der Waals surface area contributed by atoms with Gasteiger partial charge in [0.1, 0.15) is 16.6 Å². The number of benzene rings is 2. The molecule has 0 saturated carbocycles. The van der Waals surface area contributed by atoms with Crippen LogP contribution in [0.3, 0.4) is 0 Å². The Bertz CT molecular complexity index is 694. The van der Waals surface area contributed by atoms with Gasteiger partial charge < -0.3 is 10.4 Å². The van der Waals surface area contributed by atoms with E-state index in [0.29, 0.717) is 11.3 Å². The van der Waals surface area contributed by atoms with E-state index in [0.717, 1.165) is 6.07 Å². The normalized spacial score (nSPS) is 12.0. The van der Waals surface area contributed by atoms with Crippen LogP contribution in [0.2, 0.25) is 5.02 Å². The van der Waals surface area contributed by atoms with E-state index in [1.54, 1.807) is 13.0 Å². The monoisotopic (exact) mass is 310 g/mol. The number of nitro groups is 1. The van der Waals surface area contributed by atoms with E-state index < -0.39 is 10.7 Å². The van der Waals surface area contributed by atoms with Gasteiger partial charge in [0.25, 0.3) is 5.69 Å². The van der Waals surface area contributed by atoms with E-state index in [1.807, 2.05) is 0 Å². The van der Waals surface area contributed by atoms with Crippen molar-refractivity contribution in [3.8, 4) is 5.75 Å². The van der Waals surface area contributed by atoms with Gasteiger partial charge in [-0.2, -0.15) is 0 Å². The van der Waals surface area contributed by atoms with Crippen LogP contribution in [-0.2, 0) is 0 Å². The molecule has 7 heteroatoms. The third-order valence-electron chi connectivity index (χ3n) is 2.98. The third kappa shape index (κ3) is 3.41. The molecule has 0 amide bonds. The fraction of sp³-hybridized carbons (Fsp3) is 0.143. The molecule has 110 valence electrons. The maximum Gasteiger partial charge on any atom is 0.289 e. The molecule has 2 rings (SSSR count). The third-order valence-corrected chi connectivity index (χ3v) is 3.30. The van der Waals surface area contributed by atoms with Crippen molar-refractivity contribution in [1.29, 1.82) is 0 Å². The highest BCUT2D eigenvalue weighted by atomic mass is 35.5. The number of rotatable bonds is 4. The first-order chi connectivity index (χ1) is 9.88. The predicted octanol–water partition coefficient (Wildman–Crippen LogP) is 4.27. The number of nitro benzene ring substituents is 1. The molecule has 5 nitrogen and oxygen atoms in total. The van der Waals surface area contributed by atoms with Crippen LogP contribution in [0, 0.1) is 15.9 Å². The second kappa shape index (κ2) is 5.97. The SMILES string of the molecule is CC(Nc1ccc(Cl)c([N+](=O)[O-])c1)c1ccc(F)cc1O. The largest absolute Gasteiger partial charge is 0.507 e. The molecule has 0 spiro atoms. The second-order valence-electron chi connectivity index (χ2n) is 4.49. The zero-order valence-electron chi connectivity index (χ0n) is 11.0. The lowest BCUT2D eigenvalue weighted by molar-refractivity contribution is -0.384. The van der Waals surface area contributed by atoms with Crippen molar-refractivity contribution >= 4 is 23.0 Å². The van der Waals surface area contributed by atoms with Crippen molar-refractivity contribution in [3.05, 3.63) is 62.9 Å². The van der Waals surface area contributed by atoms with Gasteiger partial charge in [0.15, 0.2) is 0 Å². The summed E-state index contributed by atoms with van der Waals surface area (Å²) < 4.78 is 13.0. The molecule has 2 N–H and O–H groups in total. The number of phenols is 1. The van der Waals surface area contributed by atoms with Crippen molar-refractivity contribution in [2.45, 2.75) is 13.0 Å². The molecule has 0 saturated heterocycles. The summed E-state index contributed by atoms with van der Waals surface area (Å²) in [5.74, 6) is -0.718. The lowest BCUT2D eigenvalue weighted by Crippen LogP contribution is -2.07. The van der Waals surface area contributed by atoms with Crippen LogP contribution in [0.15, 0.2) is 36.4 Å². The van der Waals surface area contributed by atoms with E-state index in [2.05, 4.69) is 5.32 Å². The smallest absolute Gasteiger partial charge is 0.289 e. The highest BCUT2D eigenvalue weighted by molar-refractivity contribution is 6.32. The summed E-state index contributed by atoms with van der Waals surface area (Å²) >= 11 is 5.74. The second-order valence-corrected chi connectivity index (χ2v) is 4.90. The highest BCUT2D eigenvalue weighted by Gasteiger charge is 2.15. The summed E-state index contributed by atoms with van der Waals surface area (Å²) in [5, 5.41) is 23.6. The summed E-state index contributed by atoms with van der Waals surface area (Å²) in [6.07, 6.45) is 0. The Morgan fingerprint density at radius 1 is 1.33 bits per heavy atom. The molecule has 1 atom stereocenters. The Kier molecular flexibility index (Phi) is 4.28. The van der Waals surface area contributed by atoms with Gasteiger partial charge >= 0.3 is 0 Å². The number of hydrogen-bond donors (Lipinski definition) is 2. The van der Waals surface area contributed by atoms with Crippen molar-refractivity contribution in [2.24, 2.45) is 0 Å². The van der Waals surface area contributed by atoms with E-state index in [-0.39, 0.29) is 22.5 Å². The number of nitrogens with zero attached hydrogens (tertiary/aromatic N) is 1. The minimum absolute atomic E-state index is 0.0443. The van der Waals surface area contributed by atoms with E-state index in [4.69, 9.17) is 11.6 Å². The quantitative estimate of drug-likeness (QED) is 0.653. The summed E-state index contributed by atoms with van der Waals surface area (Å²) in [5.41, 5.74) is 0.744. The Hall–Kier alpha value is -2.34. The summed E-state index contributed by atoms with van der Waals surface area (Å²) in [7, 11) is 0. The van der Waals surface area contributed by atoms with Crippen molar-refractivity contribution in [1.82, 2.24) is 0 Å². The first-order valence-electron chi connectivity index (χ1n) is 6.07. The molecule has 0 bridgehead atoms. The molecule has 21 heavy (non-hydrogen) atoms. The van der Waals surface area contributed by atoms with Crippen LogP contribution in [0.1, 0.15) is 18.5 Å². The molecule has 0 aliphatic rings. The zero-order chi connectivity index (χ0) is 15.6.